The van der Waals surface area contributed by atoms with Gasteiger partial charge >= 0.3 is 6.03 Å². The number of nitrogens with one attached hydrogen (secondary N) is 2. The number of rotatable bonds is 3. The second-order valence-electron chi connectivity index (χ2n) is 3.39. The Kier molecular flexibility index (Phi) is 4.43. The number of azide groups is 1. The van der Waals surface area contributed by atoms with E-state index >= 15 is 0 Å². The fourth-order valence-electron chi connectivity index (χ4n) is 1.55. The van der Waals surface area contributed by atoms with E-state index in [1.807, 2.05) is 0 Å². The van der Waals surface area contributed by atoms with Crippen LogP contribution in [0.5, 0.6) is 0 Å². The van der Waals surface area contributed by atoms with Crippen molar-refractivity contribution in [3.05, 3.63) is 10.4 Å². The van der Waals surface area contributed by atoms with Crippen LogP contribution in [0.3, 0.4) is 0 Å². The summed E-state index contributed by atoms with van der Waals surface area (Å²) in [6, 6.07) is -0.350. The molecule has 0 bridgehead atoms. The lowest BCUT2D eigenvalue weighted by Crippen LogP contribution is -2.44. The van der Waals surface area contributed by atoms with Crippen molar-refractivity contribution in [3.63, 3.8) is 0 Å². The average Bonchev–Trinajstić information content (AvgIpc) is 2.67. The molecule has 0 saturated heterocycles. The molecule has 0 spiro atoms. The van der Waals surface area contributed by atoms with E-state index in [2.05, 4.69) is 20.7 Å². The number of carbonyl (C=O) groups is 2. The highest BCUT2D eigenvalue weighted by molar-refractivity contribution is 5.95. The molecule has 0 aromatic heterocycles. The minimum atomic E-state index is -0.594. The minimum absolute atomic E-state index is 0.164. The largest absolute Gasteiger partial charge is 0.335 e. The van der Waals surface area contributed by atoms with E-state index in [9.17, 15) is 9.59 Å². The molecule has 0 aromatic carbocycles. The summed E-state index contributed by atoms with van der Waals surface area (Å²) in [5.74, 6) is -0.594. The van der Waals surface area contributed by atoms with E-state index in [1.54, 1.807) is 0 Å². The molecule has 0 radical (unpaired) electrons. The van der Waals surface area contributed by atoms with Gasteiger partial charge in [0.2, 0.25) is 5.91 Å². The van der Waals surface area contributed by atoms with Gasteiger partial charge in [-0.3, -0.25) is 10.1 Å². The molecular formula is C8H13N5O2. The van der Waals surface area contributed by atoms with Gasteiger partial charge in [-0.2, -0.15) is 0 Å². The van der Waals surface area contributed by atoms with Crippen LogP contribution in [0.15, 0.2) is 5.11 Å². The van der Waals surface area contributed by atoms with Gasteiger partial charge in [0.1, 0.15) is 6.54 Å². The Labute approximate surface area is 86.8 Å². The maximum Gasteiger partial charge on any atom is 0.321 e. The lowest BCUT2D eigenvalue weighted by molar-refractivity contribution is -0.118. The predicted molar refractivity (Wildman–Crippen MR) is 52.9 cm³/mol. The van der Waals surface area contributed by atoms with Gasteiger partial charge in [-0.25, -0.2) is 4.79 Å². The molecule has 2 N–H and O–H groups in total. The van der Waals surface area contributed by atoms with Crippen molar-refractivity contribution < 1.29 is 9.59 Å². The highest BCUT2D eigenvalue weighted by atomic mass is 16.2. The third kappa shape index (κ3) is 4.33. The van der Waals surface area contributed by atoms with Crippen LogP contribution >= 0.6 is 0 Å². The van der Waals surface area contributed by atoms with Crippen molar-refractivity contribution in [1.82, 2.24) is 10.6 Å². The lowest BCUT2D eigenvalue weighted by atomic mass is 10.2. The van der Waals surface area contributed by atoms with Crippen LogP contribution in [0, 0.1) is 0 Å². The van der Waals surface area contributed by atoms with Crippen LogP contribution in [-0.2, 0) is 4.79 Å². The van der Waals surface area contributed by atoms with Crippen molar-refractivity contribution in [3.8, 4) is 0 Å². The topological polar surface area (TPSA) is 107 Å². The monoisotopic (exact) mass is 211 g/mol. The van der Waals surface area contributed by atoms with Crippen LogP contribution in [-0.4, -0.2) is 24.5 Å². The summed E-state index contributed by atoms with van der Waals surface area (Å²) in [6.45, 7) is -0.353. The zero-order valence-corrected chi connectivity index (χ0v) is 8.27. The van der Waals surface area contributed by atoms with Crippen molar-refractivity contribution in [2.24, 2.45) is 5.11 Å². The molecule has 0 heterocycles. The second kappa shape index (κ2) is 5.87. The molecule has 0 unspecified atom stereocenters. The fourth-order valence-corrected chi connectivity index (χ4v) is 1.55. The van der Waals surface area contributed by atoms with E-state index in [4.69, 9.17) is 5.53 Å². The molecule has 1 rings (SSSR count). The summed E-state index contributed by atoms with van der Waals surface area (Å²) in [5.41, 5.74) is 7.96. The first kappa shape index (κ1) is 11.3. The zero-order chi connectivity index (χ0) is 11.1. The number of urea groups is 1. The number of amides is 3. The van der Waals surface area contributed by atoms with Crippen LogP contribution in [0.2, 0.25) is 0 Å². The van der Waals surface area contributed by atoms with Crippen molar-refractivity contribution in [2.75, 3.05) is 6.54 Å². The van der Waals surface area contributed by atoms with Crippen LogP contribution in [0.25, 0.3) is 10.4 Å². The number of hydrogen-bond donors (Lipinski definition) is 2. The third-order valence-electron chi connectivity index (χ3n) is 2.22. The molecule has 0 atom stereocenters. The first-order valence-electron chi connectivity index (χ1n) is 4.83. The van der Waals surface area contributed by atoms with Gasteiger partial charge in [0.05, 0.1) is 0 Å². The molecule has 7 heteroatoms. The highest BCUT2D eigenvalue weighted by Gasteiger charge is 2.17. The van der Waals surface area contributed by atoms with Crippen LogP contribution in [0.4, 0.5) is 4.79 Å². The zero-order valence-electron chi connectivity index (χ0n) is 8.27. The molecule has 1 aliphatic rings. The molecule has 1 aliphatic carbocycles. The summed E-state index contributed by atoms with van der Waals surface area (Å²) in [4.78, 5) is 24.6. The quantitative estimate of drug-likeness (QED) is 0.413. The van der Waals surface area contributed by atoms with Gasteiger partial charge in [0.25, 0.3) is 0 Å². The van der Waals surface area contributed by atoms with E-state index in [0.29, 0.717) is 0 Å². The van der Waals surface area contributed by atoms with Gasteiger partial charge < -0.3 is 5.32 Å². The Morgan fingerprint density at radius 1 is 1.40 bits per heavy atom. The lowest BCUT2D eigenvalue weighted by Gasteiger charge is -2.11. The van der Waals surface area contributed by atoms with Gasteiger partial charge in [-0.15, -0.1) is 0 Å². The normalized spacial score (nSPS) is 15.5. The molecular weight excluding hydrogens is 198 g/mol. The van der Waals surface area contributed by atoms with Crippen LogP contribution < -0.4 is 10.6 Å². The smallest absolute Gasteiger partial charge is 0.321 e. The minimum Gasteiger partial charge on any atom is -0.335 e. The van der Waals surface area contributed by atoms with E-state index < -0.39 is 11.9 Å². The number of carbonyl (C=O) groups excluding carboxylic acids is 2. The van der Waals surface area contributed by atoms with E-state index in [0.717, 1.165) is 25.7 Å². The Hall–Kier alpha value is -1.75. The highest BCUT2D eigenvalue weighted by Crippen LogP contribution is 2.17. The van der Waals surface area contributed by atoms with Crippen molar-refractivity contribution in [1.29, 1.82) is 0 Å². The van der Waals surface area contributed by atoms with Gasteiger partial charge in [0.15, 0.2) is 0 Å². The van der Waals surface area contributed by atoms with E-state index in [1.165, 1.54) is 0 Å². The molecule has 1 fully saturated rings. The molecule has 82 valence electrons. The molecule has 15 heavy (non-hydrogen) atoms. The number of hydrogen-bond acceptors (Lipinski definition) is 3. The maximum atomic E-state index is 11.2. The second-order valence-corrected chi connectivity index (χ2v) is 3.39. The van der Waals surface area contributed by atoms with Crippen molar-refractivity contribution >= 4 is 11.9 Å². The molecule has 7 nitrogen and oxygen atoms in total. The summed E-state index contributed by atoms with van der Waals surface area (Å²) >= 11 is 0. The van der Waals surface area contributed by atoms with Gasteiger partial charge in [-0.05, 0) is 18.4 Å². The third-order valence-corrected chi connectivity index (χ3v) is 2.22. The summed E-state index contributed by atoms with van der Waals surface area (Å²) in [5, 5.41) is 7.81. The first-order chi connectivity index (χ1) is 7.22. The SMILES string of the molecule is [N-]=[N+]=NCC(=O)NC(=O)NC1CCCC1. The van der Waals surface area contributed by atoms with E-state index in [-0.39, 0.29) is 12.6 Å². The van der Waals surface area contributed by atoms with Gasteiger partial charge in [0, 0.05) is 11.0 Å². The number of imide groups is 1. The fraction of sp³-hybridized carbons (Fsp3) is 0.750. The predicted octanol–water partition coefficient (Wildman–Crippen LogP) is 1.07. The Bertz CT molecular complexity index is 291. The van der Waals surface area contributed by atoms with Crippen LogP contribution in [0.1, 0.15) is 25.7 Å². The number of nitrogens with zero attached hydrogens (tertiary/aromatic N) is 3. The summed E-state index contributed by atoms with van der Waals surface area (Å²) in [6.07, 6.45) is 4.13. The molecule has 3 amide bonds. The molecule has 1 saturated carbocycles. The molecule has 0 aromatic rings. The van der Waals surface area contributed by atoms with Crippen molar-refractivity contribution in [2.45, 2.75) is 31.7 Å². The summed E-state index contributed by atoms with van der Waals surface area (Å²) in [7, 11) is 0. The molecule has 0 aliphatic heterocycles. The average molecular weight is 211 g/mol. The maximum absolute atomic E-state index is 11.2. The first-order valence-corrected chi connectivity index (χ1v) is 4.83. The summed E-state index contributed by atoms with van der Waals surface area (Å²) < 4.78 is 0. The Morgan fingerprint density at radius 3 is 2.67 bits per heavy atom. The Morgan fingerprint density at radius 2 is 2.07 bits per heavy atom. The standard InChI is InChI=1S/C8H13N5O2/c9-13-10-5-7(14)12-8(15)11-6-3-1-2-4-6/h6H,1-5H2,(H2,11,12,14,15). The van der Waals surface area contributed by atoms with Gasteiger partial charge in [-0.1, -0.05) is 18.0 Å². The Balaban J connectivity index is 2.22.